The van der Waals surface area contributed by atoms with Gasteiger partial charge in [-0.3, -0.25) is 0 Å². The average Bonchev–Trinajstić information content (AvgIpc) is 2.96. The van der Waals surface area contributed by atoms with Gasteiger partial charge in [0.05, 0.1) is 12.5 Å². The monoisotopic (exact) mass is 304 g/mol. The molecule has 1 atom stereocenters. The summed E-state index contributed by atoms with van der Waals surface area (Å²) in [5.41, 5.74) is 2.17. The molecule has 1 aliphatic heterocycles. The molecule has 0 aliphatic carbocycles. The third kappa shape index (κ3) is 2.21. The summed E-state index contributed by atoms with van der Waals surface area (Å²) in [4.78, 5) is 0. The molecule has 0 saturated heterocycles. The standard InChI is InChI=1S/C20H16O3/c1-22-17-11-8-14-16(10-7-13-5-3-2-4-6-13)23-18-12-9-15(21)20(17)19(14)18/h2-12,16,21H,1H3/b10-7+. The number of aromatic hydroxyl groups is 1. The highest BCUT2D eigenvalue weighted by molar-refractivity contribution is 6.01. The number of hydrogen-bond acceptors (Lipinski definition) is 3. The first-order valence-corrected chi connectivity index (χ1v) is 7.50. The quantitative estimate of drug-likeness (QED) is 0.762. The number of rotatable bonds is 3. The molecule has 0 bridgehead atoms. The summed E-state index contributed by atoms with van der Waals surface area (Å²) >= 11 is 0. The first-order chi connectivity index (χ1) is 11.3. The van der Waals surface area contributed by atoms with Crippen molar-refractivity contribution in [2.24, 2.45) is 0 Å². The predicted molar refractivity (Wildman–Crippen MR) is 91.0 cm³/mol. The number of phenols is 1. The zero-order chi connectivity index (χ0) is 15.8. The largest absolute Gasteiger partial charge is 0.507 e. The summed E-state index contributed by atoms with van der Waals surface area (Å²) in [6, 6.07) is 17.4. The van der Waals surface area contributed by atoms with Gasteiger partial charge in [-0.1, -0.05) is 42.5 Å². The molecule has 0 aromatic heterocycles. The number of hydrogen-bond donors (Lipinski definition) is 1. The summed E-state index contributed by atoms with van der Waals surface area (Å²) in [7, 11) is 1.60. The van der Waals surface area contributed by atoms with E-state index in [-0.39, 0.29) is 11.9 Å². The molecule has 0 saturated carbocycles. The number of phenolic OH excluding ortho intramolecular Hbond substituents is 1. The van der Waals surface area contributed by atoms with Gasteiger partial charge in [0.2, 0.25) is 0 Å². The Morgan fingerprint density at radius 3 is 2.61 bits per heavy atom. The van der Waals surface area contributed by atoms with Gasteiger partial charge in [-0.15, -0.1) is 0 Å². The smallest absolute Gasteiger partial charge is 0.143 e. The fourth-order valence-electron chi connectivity index (χ4n) is 3.05. The second kappa shape index (κ2) is 5.36. The molecule has 0 amide bonds. The molecule has 1 aliphatic rings. The molecule has 3 heteroatoms. The van der Waals surface area contributed by atoms with E-state index in [0.29, 0.717) is 11.1 Å². The van der Waals surface area contributed by atoms with Crippen LogP contribution < -0.4 is 9.47 Å². The predicted octanol–water partition coefficient (Wildman–Crippen LogP) is 4.70. The molecule has 3 aromatic carbocycles. The Bertz CT molecular complexity index is 898. The lowest BCUT2D eigenvalue weighted by Gasteiger charge is -2.08. The number of benzene rings is 3. The van der Waals surface area contributed by atoms with E-state index < -0.39 is 0 Å². The maximum absolute atomic E-state index is 10.2. The van der Waals surface area contributed by atoms with E-state index in [0.717, 1.165) is 22.3 Å². The molecular formula is C20H16O3. The summed E-state index contributed by atoms with van der Waals surface area (Å²) in [6.45, 7) is 0. The maximum Gasteiger partial charge on any atom is 0.143 e. The van der Waals surface area contributed by atoms with Crippen LogP contribution in [0.15, 0.2) is 60.7 Å². The van der Waals surface area contributed by atoms with Crippen LogP contribution in [0.4, 0.5) is 0 Å². The SMILES string of the molecule is COc1ccc2c3c(ccc(O)c13)OC2/C=C/c1ccccc1. The number of ether oxygens (including phenoxy) is 2. The van der Waals surface area contributed by atoms with E-state index >= 15 is 0 Å². The first-order valence-electron chi connectivity index (χ1n) is 7.50. The van der Waals surface area contributed by atoms with E-state index in [2.05, 4.69) is 0 Å². The van der Waals surface area contributed by atoms with Crippen molar-refractivity contribution in [1.82, 2.24) is 0 Å². The van der Waals surface area contributed by atoms with Crippen LogP contribution in [0, 0.1) is 0 Å². The van der Waals surface area contributed by atoms with Crippen LogP contribution in [-0.2, 0) is 0 Å². The van der Waals surface area contributed by atoms with Crippen LogP contribution in [0.1, 0.15) is 17.2 Å². The Labute approximate surface area is 134 Å². The van der Waals surface area contributed by atoms with Crippen molar-refractivity contribution in [2.45, 2.75) is 6.10 Å². The first kappa shape index (κ1) is 13.7. The minimum atomic E-state index is -0.166. The average molecular weight is 304 g/mol. The fraction of sp³-hybridized carbons (Fsp3) is 0.100. The van der Waals surface area contributed by atoms with Gasteiger partial charge in [0.15, 0.2) is 0 Å². The zero-order valence-corrected chi connectivity index (χ0v) is 12.7. The summed E-state index contributed by atoms with van der Waals surface area (Å²) in [5, 5.41) is 11.8. The van der Waals surface area contributed by atoms with Crippen molar-refractivity contribution in [3.8, 4) is 17.2 Å². The molecule has 1 unspecified atom stereocenters. The highest BCUT2D eigenvalue weighted by atomic mass is 16.5. The normalized spacial score (nSPS) is 16.0. The van der Waals surface area contributed by atoms with Crippen LogP contribution in [0.2, 0.25) is 0 Å². The van der Waals surface area contributed by atoms with Crippen molar-refractivity contribution in [2.75, 3.05) is 7.11 Å². The highest BCUT2D eigenvalue weighted by Gasteiger charge is 2.26. The van der Waals surface area contributed by atoms with Crippen molar-refractivity contribution in [3.05, 3.63) is 71.8 Å². The lowest BCUT2D eigenvalue weighted by atomic mass is 10.00. The Balaban J connectivity index is 1.80. The molecule has 23 heavy (non-hydrogen) atoms. The van der Waals surface area contributed by atoms with Crippen LogP contribution >= 0.6 is 0 Å². The zero-order valence-electron chi connectivity index (χ0n) is 12.7. The van der Waals surface area contributed by atoms with Crippen molar-refractivity contribution in [1.29, 1.82) is 0 Å². The second-order valence-electron chi connectivity index (χ2n) is 5.50. The van der Waals surface area contributed by atoms with Crippen LogP contribution in [0.25, 0.3) is 16.8 Å². The van der Waals surface area contributed by atoms with Gasteiger partial charge in [0.25, 0.3) is 0 Å². The highest BCUT2D eigenvalue weighted by Crippen LogP contribution is 2.48. The minimum Gasteiger partial charge on any atom is -0.507 e. The van der Waals surface area contributed by atoms with Gasteiger partial charge < -0.3 is 14.6 Å². The van der Waals surface area contributed by atoms with Gasteiger partial charge in [-0.2, -0.15) is 0 Å². The lowest BCUT2D eigenvalue weighted by molar-refractivity contribution is 0.276. The van der Waals surface area contributed by atoms with Crippen molar-refractivity contribution in [3.63, 3.8) is 0 Å². The molecule has 0 spiro atoms. The Morgan fingerprint density at radius 2 is 1.83 bits per heavy atom. The maximum atomic E-state index is 10.2. The van der Waals surface area contributed by atoms with Gasteiger partial charge >= 0.3 is 0 Å². The summed E-state index contributed by atoms with van der Waals surface area (Å²) in [6.07, 6.45) is 3.92. The number of methoxy groups -OCH3 is 1. The molecule has 0 radical (unpaired) electrons. The van der Waals surface area contributed by atoms with Crippen molar-refractivity contribution >= 4 is 16.8 Å². The van der Waals surface area contributed by atoms with Crippen LogP contribution in [0.5, 0.6) is 17.2 Å². The Morgan fingerprint density at radius 1 is 1.00 bits per heavy atom. The van der Waals surface area contributed by atoms with E-state index in [1.807, 2.05) is 54.6 Å². The fourth-order valence-corrected chi connectivity index (χ4v) is 3.05. The van der Waals surface area contributed by atoms with Gasteiger partial charge in [-0.05, 0) is 29.8 Å². The van der Waals surface area contributed by atoms with Gasteiger partial charge in [0.1, 0.15) is 23.4 Å². The topological polar surface area (TPSA) is 38.7 Å². The van der Waals surface area contributed by atoms with Crippen molar-refractivity contribution < 1.29 is 14.6 Å². The molecule has 4 rings (SSSR count). The lowest BCUT2D eigenvalue weighted by Crippen LogP contribution is -1.97. The third-order valence-electron chi connectivity index (χ3n) is 4.14. The molecule has 114 valence electrons. The Hall–Kier alpha value is -2.94. The van der Waals surface area contributed by atoms with E-state index in [1.165, 1.54) is 0 Å². The van der Waals surface area contributed by atoms with Gasteiger partial charge in [0, 0.05) is 10.9 Å². The molecule has 3 nitrogen and oxygen atoms in total. The molecular weight excluding hydrogens is 288 g/mol. The Kier molecular flexibility index (Phi) is 3.19. The molecule has 1 N–H and O–H groups in total. The van der Waals surface area contributed by atoms with Crippen LogP contribution in [0.3, 0.4) is 0 Å². The molecule has 1 heterocycles. The third-order valence-corrected chi connectivity index (χ3v) is 4.14. The molecule has 3 aromatic rings. The summed E-state index contributed by atoms with van der Waals surface area (Å²) < 4.78 is 11.4. The van der Waals surface area contributed by atoms with Crippen LogP contribution in [-0.4, -0.2) is 12.2 Å². The van der Waals surface area contributed by atoms with E-state index in [4.69, 9.17) is 9.47 Å². The van der Waals surface area contributed by atoms with Gasteiger partial charge in [-0.25, -0.2) is 0 Å². The second-order valence-corrected chi connectivity index (χ2v) is 5.50. The van der Waals surface area contributed by atoms with E-state index in [1.54, 1.807) is 19.2 Å². The molecule has 0 fully saturated rings. The summed E-state index contributed by atoms with van der Waals surface area (Å²) in [5.74, 6) is 1.63. The van der Waals surface area contributed by atoms with E-state index in [9.17, 15) is 5.11 Å². The minimum absolute atomic E-state index is 0.166.